The molecule has 4 saturated carbocycles. The standard InChI is InChI=1S/C46H80O2/c1-10-11-12-13-14-15-16-17-18-19-20-21-22-23-40(47)48-39-28-30-44(7)37(42(39,4)5)27-31-46(9)38(44)25-24-36-41-35(3)34(2)26-29-43(41,6)32-33-45(36,46)8/h24,34-35,37-39,41H,10-23,25-33H2,1-9H3/t34-,35+,37+,38+,39+,41+,43-,44+,45-,46-/m1/s1. The second kappa shape index (κ2) is 15.4. The highest BCUT2D eigenvalue weighted by molar-refractivity contribution is 5.69. The van der Waals surface area contributed by atoms with E-state index in [4.69, 9.17) is 4.74 Å². The number of hydrogen-bond acceptors (Lipinski definition) is 2. The Hall–Kier alpha value is -0.790. The predicted molar refractivity (Wildman–Crippen MR) is 205 cm³/mol. The van der Waals surface area contributed by atoms with Crippen LogP contribution in [0.5, 0.6) is 0 Å². The van der Waals surface area contributed by atoms with Gasteiger partial charge in [0.2, 0.25) is 0 Å². The van der Waals surface area contributed by atoms with Crippen LogP contribution >= 0.6 is 0 Å². The number of fused-ring (bicyclic) bond motifs is 7. The van der Waals surface area contributed by atoms with Crippen LogP contribution in [0.15, 0.2) is 11.6 Å². The molecule has 0 amide bonds. The van der Waals surface area contributed by atoms with Crippen molar-refractivity contribution in [2.24, 2.45) is 56.7 Å². The molecule has 2 heteroatoms. The molecule has 0 bridgehead atoms. The largest absolute Gasteiger partial charge is 0.462 e. The van der Waals surface area contributed by atoms with Gasteiger partial charge in [-0.2, -0.15) is 0 Å². The topological polar surface area (TPSA) is 26.3 Å². The lowest BCUT2D eigenvalue weighted by Gasteiger charge is -2.71. The van der Waals surface area contributed by atoms with Crippen LogP contribution in [0.4, 0.5) is 0 Å². The summed E-state index contributed by atoms with van der Waals surface area (Å²) < 4.78 is 6.42. The zero-order valence-corrected chi connectivity index (χ0v) is 33.6. The van der Waals surface area contributed by atoms with Gasteiger partial charge in [0.1, 0.15) is 6.10 Å². The van der Waals surface area contributed by atoms with Crippen LogP contribution in [-0.4, -0.2) is 12.1 Å². The second-order valence-corrected chi connectivity index (χ2v) is 20.1. The van der Waals surface area contributed by atoms with Crippen molar-refractivity contribution in [3.63, 3.8) is 0 Å². The Balaban J connectivity index is 1.12. The Labute approximate surface area is 299 Å². The lowest BCUT2D eigenvalue weighted by Crippen LogP contribution is -2.65. The molecular weight excluding hydrogens is 585 g/mol. The van der Waals surface area contributed by atoms with Crippen molar-refractivity contribution in [2.45, 2.75) is 216 Å². The summed E-state index contributed by atoms with van der Waals surface area (Å²) in [4.78, 5) is 13.2. The number of carbonyl (C=O) groups excluding carboxylic acids is 1. The van der Waals surface area contributed by atoms with Crippen LogP contribution in [0.2, 0.25) is 0 Å². The van der Waals surface area contributed by atoms with Gasteiger partial charge >= 0.3 is 5.97 Å². The minimum Gasteiger partial charge on any atom is -0.462 e. The normalized spacial score (nSPS) is 41.7. The summed E-state index contributed by atoms with van der Waals surface area (Å²) in [7, 11) is 0. The molecule has 5 rings (SSSR count). The van der Waals surface area contributed by atoms with Crippen LogP contribution in [-0.2, 0) is 9.53 Å². The molecule has 0 N–H and O–H groups in total. The fourth-order valence-corrected chi connectivity index (χ4v) is 13.5. The summed E-state index contributed by atoms with van der Waals surface area (Å²) in [5.74, 6) is 3.81. The van der Waals surface area contributed by atoms with Gasteiger partial charge in [-0.25, -0.2) is 0 Å². The molecule has 10 atom stereocenters. The first-order valence-corrected chi connectivity index (χ1v) is 21.6. The van der Waals surface area contributed by atoms with E-state index in [9.17, 15) is 4.79 Å². The number of ether oxygens (including phenoxy) is 1. The molecule has 5 aliphatic carbocycles. The summed E-state index contributed by atoms with van der Waals surface area (Å²) in [5.41, 5.74) is 3.40. The molecular formula is C46H80O2. The molecule has 48 heavy (non-hydrogen) atoms. The molecule has 0 saturated heterocycles. The first-order valence-electron chi connectivity index (χ1n) is 21.6. The van der Waals surface area contributed by atoms with E-state index in [0.29, 0.717) is 34.0 Å². The first-order chi connectivity index (χ1) is 22.7. The predicted octanol–water partition coefficient (Wildman–Crippen LogP) is 14.1. The molecule has 0 aromatic carbocycles. The zero-order valence-electron chi connectivity index (χ0n) is 33.6. The van der Waals surface area contributed by atoms with Crippen LogP contribution in [0.3, 0.4) is 0 Å². The third-order valence-electron chi connectivity index (χ3n) is 17.1. The fraction of sp³-hybridized carbons (Fsp3) is 0.935. The van der Waals surface area contributed by atoms with E-state index in [-0.39, 0.29) is 17.5 Å². The molecule has 0 heterocycles. The molecule has 5 aliphatic rings. The lowest BCUT2D eigenvalue weighted by atomic mass is 9.33. The average molecular weight is 665 g/mol. The van der Waals surface area contributed by atoms with E-state index in [1.54, 1.807) is 0 Å². The van der Waals surface area contributed by atoms with Crippen molar-refractivity contribution in [3.05, 3.63) is 11.6 Å². The summed E-state index contributed by atoms with van der Waals surface area (Å²) >= 11 is 0. The van der Waals surface area contributed by atoms with Crippen molar-refractivity contribution in [1.82, 2.24) is 0 Å². The minimum absolute atomic E-state index is 0.0311. The maximum atomic E-state index is 13.2. The first kappa shape index (κ1) is 38.4. The van der Waals surface area contributed by atoms with Gasteiger partial charge in [-0.3, -0.25) is 4.79 Å². The van der Waals surface area contributed by atoms with Crippen molar-refractivity contribution in [1.29, 1.82) is 0 Å². The summed E-state index contributed by atoms with van der Waals surface area (Å²) in [6.45, 7) is 23.1. The molecule has 4 fully saturated rings. The third-order valence-corrected chi connectivity index (χ3v) is 17.1. The highest BCUT2D eigenvalue weighted by Gasteiger charge is 2.68. The number of allylic oxidation sites excluding steroid dienone is 2. The van der Waals surface area contributed by atoms with Crippen LogP contribution in [0.25, 0.3) is 0 Å². The Morgan fingerprint density at radius 3 is 1.94 bits per heavy atom. The average Bonchev–Trinajstić information content (AvgIpc) is 3.03. The van der Waals surface area contributed by atoms with Gasteiger partial charge in [-0.15, -0.1) is 0 Å². The molecule has 0 aromatic heterocycles. The van der Waals surface area contributed by atoms with E-state index < -0.39 is 0 Å². The fourth-order valence-electron chi connectivity index (χ4n) is 13.5. The van der Waals surface area contributed by atoms with Crippen LogP contribution in [0, 0.1) is 56.7 Å². The second-order valence-electron chi connectivity index (χ2n) is 20.1. The van der Waals surface area contributed by atoms with Gasteiger partial charge < -0.3 is 4.74 Å². The van der Waals surface area contributed by atoms with Crippen molar-refractivity contribution >= 4 is 5.97 Å². The number of unbranched alkanes of at least 4 members (excludes halogenated alkanes) is 12. The van der Waals surface area contributed by atoms with Gasteiger partial charge in [0.25, 0.3) is 0 Å². The van der Waals surface area contributed by atoms with Gasteiger partial charge in [0.15, 0.2) is 0 Å². The number of hydrogen-bond donors (Lipinski definition) is 0. The van der Waals surface area contributed by atoms with Crippen molar-refractivity contribution in [2.75, 3.05) is 0 Å². The minimum atomic E-state index is 0.0311. The molecule has 0 spiro atoms. The molecule has 0 aromatic rings. The molecule has 0 unspecified atom stereocenters. The maximum absolute atomic E-state index is 13.2. The number of rotatable bonds is 15. The molecule has 0 radical (unpaired) electrons. The van der Waals surface area contributed by atoms with Crippen LogP contribution < -0.4 is 0 Å². The van der Waals surface area contributed by atoms with E-state index in [1.165, 1.54) is 128 Å². The van der Waals surface area contributed by atoms with Gasteiger partial charge in [-0.05, 0) is 115 Å². The monoisotopic (exact) mass is 665 g/mol. The maximum Gasteiger partial charge on any atom is 0.306 e. The SMILES string of the molecule is CCCCCCCCCCCCCCCC(=O)O[C@H]1CC[C@@]2(C)[C@@H](CC[C@]3(C)[C@H]2CC=C2[C@@H]4[C@@H](C)[C@H](C)CC[C@]4(C)CC[C@]23C)C1(C)C. The highest BCUT2D eigenvalue weighted by Crippen LogP contribution is 2.75. The van der Waals surface area contributed by atoms with Gasteiger partial charge in [0, 0.05) is 11.8 Å². The number of esters is 1. The van der Waals surface area contributed by atoms with E-state index in [0.717, 1.165) is 36.5 Å². The zero-order chi connectivity index (χ0) is 34.8. The Kier molecular flexibility index (Phi) is 12.4. The third kappa shape index (κ3) is 7.14. The summed E-state index contributed by atoms with van der Waals surface area (Å²) in [6, 6.07) is 0. The lowest BCUT2D eigenvalue weighted by molar-refractivity contribution is -0.213. The van der Waals surface area contributed by atoms with E-state index >= 15 is 0 Å². The van der Waals surface area contributed by atoms with E-state index in [1.807, 2.05) is 5.57 Å². The molecule has 276 valence electrons. The van der Waals surface area contributed by atoms with Crippen LogP contribution in [0.1, 0.15) is 210 Å². The smallest absolute Gasteiger partial charge is 0.306 e. The van der Waals surface area contributed by atoms with Crippen molar-refractivity contribution in [3.8, 4) is 0 Å². The number of carbonyl (C=O) groups is 1. The quantitative estimate of drug-likeness (QED) is 0.0989. The summed E-state index contributed by atoms with van der Waals surface area (Å²) in [6.07, 6.45) is 32.7. The van der Waals surface area contributed by atoms with E-state index in [2.05, 4.69) is 68.4 Å². The van der Waals surface area contributed by atoms with Crippen molar-refractivity contribution < 1.29 is 9.53 Å². The Bertz CT molecular complexity index is 1100. The Morgan fingerprint density at radius 1 is 0.708 bits per heavy atom. The van der Waals surface area contributed by atoms with Gasteiger partial charge in [-0.1, -0.05) is 151 Å². The molecule has 2 nitrogen and oxygen atoms in total. The molecule has 0 aliphatic heterocycles. The summed E-state index contributed by atoms with van der Waals surface area (Å²) in [5, 5.41) is 0. The Morgan fingerprint density at radius 2 is 1.31 bits per heavy atom. The van der Waals surface area contributed by atoms with Gasteiger partial charge in [0.05, 0.1) is 0 Å². The highest BCUT2D eigenvalue weighted by atomic mass is 16.5.